The van der Waals surface area contributed by atoms with Gasteiger partial charge in [0.2, 0.25) is 5.91 Å². The van der Waals surface area contributed by atoms with Crippen LogP contribution in [0.2, 0.25) is 0 Å². The molecule has 2 aliphatic rings. The topological polar surface area (TPSA) is 59.5 Å². The van der Waals surface area contributed by atoms with Gasteiger partial charge >= 0.3 is 0 Å². The van der Waals surface area contributed by atoms with Crippen LogP contribution in [0.1, 0.15) is 43.6 Å². The molecule has 98 valence electrons. The molecule has 0 unspecified atom stereocenters. The molecule has 1 aromatic rings. The minimum Gasteiger partial charge on any atom is -0.464 e. The van der Waals surface area contributed by atoms with Gasteiger partial charge in [-0.25, -0.2) is 0 Å². The van der Waals surface area contributed by atoms with Crippen LogP contribution >= 0.6 is 0 Å². The standard InChI is InChI=1S/C14H20N2O2/c1-10-3-6-12(18-10)9-16(11-4-5-11)13(17)14(15)7-2-8-14/h3,6,11H,2,4-5,7-9,15H2,1H3. The Kier molecular flexibility index (Phi) is 2.70. The number of nitrogens with zero attached hydrogens (tertiary/aromatic N) is 1. The fourth-order valence-electron chi connectivity index (χ4n) is 2.55. The van der Waals surface area contributed by atoms with Crippen molar-refractivity contribution in [2.75, 3.05) is 0 Å². The van der Waals surface area contributed by atoms with Gasteiger partial charge in [-0.15, -0.1) is 0 Å². The summed E-state index contributed by atoms with van der Waals surface area (Å²) in [5, 5.41) is 0. The zero-order chi connectivity index (χ0) is 12.8. The summed E-state index contributed by atoms with van der Waals surface area (Å²) in [7, 11) is 0. The third-order valence-electron chi connectivity index (χ3n) is 4.04. The molecule has 3 rings (SSSR count). The molecule has 2 saturated carbocycles. The van der Waals surface area contributed by atoms with Crippen molar-refractivity contribution in [1.29, 1.82) is 0 Å². The predicted molar refractivity (Wildman–Crippen MR) is 67.8 cm³/mol. The van der Waals surface area contributed by atoms with Crippen LogP contribution in [-0.4, -0.2) is 22.4 Å². The molecule has 1 heterocycles. The van der Waals surface area contributed by atoms with Crippen molar-refractivity contribution in [2.45, 2.75) is 57.2 Å². The lowest BCUT2D eigenvalue weighted by Crippen LogP contribution is -2.59. The Hall–Kier alpha value is -1.29. The zero-order valence-electron chi connectivity index (χ0n) is 10.8. The number of aryl methyl sites for hydroxylation is 1. The summed E-state index contributed by atoms with van der Waals surface area (Å²) in [6, 6.07) is 4.26. The quantitative estimate of drug-likeness (QED) is 0.886. The predicted octanol–water partition coefficient (Wildman–Crippen LogP) is 1.96. The Bertz CT molecular complexity index is 458. The Morgan fingerprint density at radius 1 is 1.50 bits per heavy atom. The van der Waals surface area contributed by atoms with E-state index in [0.717, 1.165) is 43.6 Å². The van der Waals surface area contributed by atoms with Crippen LogP contribution < -0.4 is 5.73 Å². The lowest BCUT2D eigenvalue weighted by Gasteiger charge is -2.40. The minimum atomic E-state index is -0.593. The normalized spacial score (nSPS) is 21.4. The van der Waals surface area contributed by atoms with Crippen LogP contribution in [0.5, 0.6) is 0 Å². The molecule has 2 N–H and O–H groups in total. The summed E-state index contributed by atoms with van der Waals surface area (Å²) >= 11 is 0. The molecule has 4 heteroatoms. The van der Waals surface area contributed by atoms with Crippen molar-refractivity contribution in [2.24, 2.45) is 5.73 Å². The average Bonchev–Trinajstić information content (AvgIpc) is 3.06. The Labute approximate surface area is 107 Å². The number of furan rings is 1. The van der Waals surface area contributed by atoms with Crippen molar-refractivity contribution in [3.05, 3.63) is 23.7 Å². The van der Waals surface area contributed by atoms with E-state index in [1.807, 2.05) is 24.0 Å². The molecule has 2 aliphatic carbocycles. The maximum absolute atomic E-state index is 12.5. The lowest BCUT2D eigenvalue weighted by atomic mass is 9.76. The van der Waals surface area contributed by atoms with E-state index in [4.69, 9.17) is 10.2 Å². The number of hydrogen-bond donors (Lipinski definition) is 1. The van der Waals surface area contributed by atoms with Gasteiger partial charge in [0, 0.05) is 6.04 Å². The first-order chi connectivity index (χ1) is 8.58. The van der Waals surface area contributed by atoms with E-state index in [0.29, 0.717) is 12.6 Å². The van der Waals surface area contributed by atoms with Crippen molar-refractivity contribution in [3.63, 3.8) is 0 Å². The van der Waals surface area contributed by atoms with E-state index in [1.165, 1.54) is 0 Å². The smallest absolute Gasteiger partial charge is 0.243 e. The van der Waals surface area contributed by atoms with Gasteiger partial charge in [-0.3, -0.25) is 4.79 Å². The number of amides is 1. The zero-order valence-corrected chi connectivity index (χ0v) is 10.8. The van der Waals surface area contributed by atoms with Crippen LogP contribution in [0.4, 0.5) is 0 Å². The molecule has 0 spiro atoms. The van der Waals surface area contributed by atoms with Gasteiger partial charge < -0.3 is 15.1 Å². The van der Waals surface area contributed by atoms with E-state index >= 15 is 0 Å². The molecular weight excluding hydrogens is 228 g/mol. The number of carbonyl (C=O) groups is 1. The van der Waals surface area contributed by atoms with Gasteiger partial charge in [-0.1, -0.05) is 0 Å². The summed E-state index contributed by atoms with van der Waals surface area (Å²) in [5.41, 5.74) is 5.56. The maximum atomic E-state index is 12.5. The maximum Gasteiger partial charge on any atom is 0.243 e. The third kappa shape index (κ3) is 2.05. The van der Waals surface area contributed by atoms with E-state index in [9.17, 15) is 4.79 Å². The van der Waals surface area contributed by atoms with Crippen LogP contribution in [0, 0.1) is 6.92 Å². The Morgan fingerprint density at radius 3 is 2.67 bits per heavy atom. The fourth-order valence-corrected chi connectivity index (χ4v) is 2.55. The average molecular weight is 248 g/mol. The SMILES string of the molecule is Cc1ccc(CN(C(=O)C2(N)CCC2)C2CC2)o1. The molecule has 0 aromatic carbocycles. The van der Waals surface area contributed by atoms with Crippen molar-refractivity contribution < 1.29 is 9.21 Å². The van der Waals surface area contributed by atoms with Crippen molar-refractivity contribution in [1.82, 2.24) is 4.90 Å². The second-order valence-corrected chi connectivity index (χ2v) is 5.69. The van der Waals surface area contributed by atoms with Gasteiger partial charge in [-0.05, 0) is 51.2 Å². The number of rotatable bonds is 4. The molecule has 0 aliphatic heterocycles. The molecule has 0 saturated heterocycles. The molecule has 0 radical (unpaired) electrons. The number of hydrogen-bond acceptors (Lipinski definition) is 3. The molecule has 1 amide bonds. The van der Waals surface area contributed by atoms with Gasteiger partial charge in [0.05, 0.1) is 12.1 Å². The van der Waals surface area contributed by atoms with Gasteiger partial charge in [0.15, 0.2) is 0 Å². The second-order valence-electron chi connectivity index (χ2n) is 5.69. The van der Waals surface area contributed by atoms with E-state index in [2.05, 4.69) is 0 Å². The summed E-state index contributed by atoms with van der Waals surface area (Å²) in [5.74, 6) is 1.86. The third-order valence-corrected chi connectivity index (χ3v) is 4.04. The highest BCUT2D eigenvalue weighted by Crippen LogP contribution is 2.36. The number of carbonyl (C=O) groups excluding carboxylic acids is 1. The monoisotopic (exact) mass is 248 g/mol. The van der Waals surface area contributed by atoms with Crippen LogP contribution in [0.25, 0.3) is 0 Å². The molecule has 0 bridgehead atoms. The van der Waals surface area contributed by atoms with E-state index in [1.54, 1.807) is 0 Å². The van der Waals surface area contributed by atoms with Crippen LogP contribution in [0.15, 0.2) is 16.5 Å². The van der Waals surface area contributed by atoms with Crippen molar-refractivity contribution in [3.8, 4) is 0 Å². The molecule has 1 aromatic heterocycles. The fraction of sp³-hybridized carbons (Fsp3) is 0.643. The van der Waals surface area contributed by atoms with Gasteiger partial charge in [0.1, 0.15) is 11.5 Å². The highest BCUT2D eigenvalue weighted by molar-refractivity contribution is 5.87. The first-order valence-electron chi connectivity index (χ1n) is 6.74. The molecular formula is C14H20N2O2. The molecule has 2 fully saturated rings. The molecule has 18 heavy (non-hydrogen) atoms. The largest absolute Gasteiger partial charge is 0.464 e. The van der Waals surface area contributed by atoms with Crippen LogP contribution in [-0.2, 0) is 11.3 Å². The minimum absolute atomic E-state index is 0.116. The van der Waals surface area contributed by atoms with Gasteiger partial charge in [-0.2, -0.15) is 0 Å². The summed E-state index contributed by atoms with van der Waals surface area (Å²) < 4.78 is 5.57. The second kappa shape index (κ2) is 4.12. The lowest BCUT2D eigenvalue weighted by molar-refractivity contribution is -0.141. The first-order valence-corrected chi connectivity index (χ1v) is 6.74. The van der Waals surface area contributed by atoms with Gasteiger partial charge in [0.25, 0.3) is 0 Å². The summed E-state index contributed by atoms with van der Waals surface area (Å²) in [6.07, 6.45) is 4.92. The highest BCUT2D eigenvalue weighted by Gasteiger charge is 2.46. The van der Waals surface area contributed by atoms with Crippen LogP contribution in [0.3, 0.4) is 0 Å². The van der Waals surface area contributed by atoms with E-state index in [-0.39, 0.29) is 5.91 Å². The van der Waals surface area contributed by atoms with E-state index < -0.39 is 5.54 Å². The summed E-state index contributed by atoms with van der Waals surface area (Å²) in [6.45, 7) is 2.49. The number of nitrogens with two attached hydrogens (primary N) is 1. The highest BCUT2D eigenvalue weighted by atomic mass is 16.3. The molecule has 0 atom stereocenters. The Morgan fingerprint density at radius 2 is 2.22 bits per heavy atom. The van der Waals surface area contributed by atoms with Crippen molar-refractivity contribution >= 4 is 5.91 Å². The first kappa shape index (κ1) is 11.8. The Balaban J connectivity index is 1.74. The summed E-state index contributed by atoms with van der Waals surface area (Å²) in [4.78, 5) is 14.4. The molecule has 4 nitrogen and oxygen atoms in total.